The van der Waals surface area contributed by atoms with Crippen LogP contribution in [0.5, 0.6) is 0 Å². The van der Waals surface area contributed by atoms with E-state index < -0.39 is 0 Å². The number of aromatic nitrogens is 3. The van der Waals surface area contributed by atoms with Crippen LogP contribution in [-0.2, 0) is 0 Å². The van der Waals surface area contributed by atoms with E-state index in [1.54, 1.807) is 10.9 Å². The first-order valence-electron chi connectivity index (χ1n) is 6.68. The number of halogens is 1. The topological polar surface area (TPSA) is 46.0 Å². The van der Waals surface area contributed by atoms with Gasteiger partial charge in [0, 0.05) is 10.6 Å². The molecule has 110 valence electrons. The van der Waals surface area contributed by atoms with Gasteiger partial charge < -0.3 is 0 Å². The maximum Gasteiger partial charge on any atom is 0.216 e. The lowest BCUT2D eigenvalue weighted by molar-refractivity contribution is 0.871. The number of hydrogen-bond donors (Lipinski definition) is 1. The average molecular weight is 329 g/mol. The van der Waals surface area contributed by atoms with Crippen molar-refractivity contribution < 1.29 is 0 Å². The predicted molar refractivity (Wildman–Crippen MR) is 92.0 cm³/mol. The molecule has 4 nitrogen and oxygen atoms in total. The van der Waals surface area contributed by atoms with Crippen molar-refractivity contribution >= 4 is 30.0 Å². The van der Waals surface area contributed by atoms with E-state index in [0.717, 1.165) is 11.1 Å². The molecule has 0 saturated heterocycles. The van der Waals surface area contributed by atoms with E-state index in [1.807, 2.05) is 55.5 Å². The van der Waals surface area contributed by atoms with Gasteiger partial charge in [0.1, 0.15) is 0 Å². The van der Waals surface area contributed by atoms with Gasteiger partial charge >= 0.3 is 0 Å². The van der Waals surface area contributed by atoms with Crippen molar-refractivity contribution in [3.63, 3.8) is 0 Å². The van der Waals surface area contributed by atoms with Gasteiger partial charge in [0.2, 0.25) is 4.77 Å². The molecule has 1 heterocycles. The van der Waals surface area contributed by atoms with Crippen LogP contribution in [-0.4, -0.2) is 21.1 Å². The number of aryl methyl sites for hydroxylation is 1. The Morgan fingerprint density at radius 1 is 1.23 bits per heavy atom. The van der Waals surface area contributed by atoms with Crippen molar-refractivity contribution in [1.82, 2.24) is 14.9 Å². The molecule has 0 atom stereocenters. The van der Waals surface area contributed by atoms with E-state index in [2.05, 4.69) is 15.3 Å². The van der Waals surface area contributed by atoms with Crippen LogP contribution in [0.25, 0.3) is 11.4 Å². The number of aromatic amines is 1. The van der Waals surface area contributed by atoms with Gasteiger partial charge in [-0.05, 0) is 36.8 Å². The zero-order valence-electron chi connectivity index (χ0n) is 11.8. The minimum absolute atomic E-state index is 0.429. The fraction of sp³-hybridized carbons (Fsp3) is 0.0625. The molecule has 6 heteroatoms. The molecule has 1 aromatic heterocycles. The fourth-order valence-electron chi connectivity index (χ4n) is 1.99. The number of nitrogens with zero attached hydrogens (tertiary/aromatic N) is 3. The molecule has 0 aliphatic carbocycles. The summed E-state index contributed by atoms with van der Waals surface area (Å²) in [5, 5.41) is 12.0. The lowest BCUT2D eigenvalue weighted by Crippen LogP contribution is -1.95. The third kappa shape index (κ3) is 3.16. The van der Waals surface area contributed by atoms with E-state index >= 15 is 0 Å². The number of nitrogens with one attached hydrogen (secondary N) is 1. The van der Waals surface area contributed by atoms with E-state index in [1.165, 1.54) is 5.56 Å². The summed E-state index contributed by atoms with van der Waals surface area (Å²) < 4.78 is 2.01. The highest BCUT2D eigenvalue weighted by molar-refractivity contribution is 7.71. The van der Waals surface area contributed by atoms with Crippen molar-refractivity contribution in [3.8, 4) is 11.4 Å². The van der Waals surface area contributed by atoms with E-state index in [9.17, 15) is 0 Å². The molecule has 0 bridgehead atoms. The smallest absolute Gasteiger partial charge is 0.216 e. The first-order valence-corrected chi connectivity index (χ1v) is 7.46. The van der Waals surface area contributed by atoms with Crippen LogP contribution in [0, 0.1) is 11.7 Å². The quantitative estimate of drug-likeness (QED) is 0.570. The van der Waals surface area contributed by atoms with Crippen LogP contribution in [0.3, 0.4) is 0 Å². The number of benzene rings is 2. The molecule has 1 N–H and O–H groups in total. The summed E-state index contributed by atoms with van der Waals surface area (Å²) in [7, 11) is 0. The van der Waals surface area contributed by atoms with E-state index in [-0.39, 0.29) is 0 Å². The summed E-state index contributed by atoms with van der Waals surface area (Å²) in [6, 6.07) is 15.5. The van der Waals surface area contributed by atoms with Gasteiger partial charge in [0.05, 0.1) is 6.21 Å². The molecular formula is C16H13ClN4S. The first kappa shape index (κ1) is 14.7. The molecule has 0 aliphatic rings. The molecule has 0 spiro atoms. The van der Waals surface area contributed by atoms with Gasteiger partial charge in [-0.3, -0.25) is 0 Å². The molecule has 3 aromatic rings. The number of rotatable bonds is 3. The second-order valence-electron chi connectivity index (χ2n) is 4.83. The molecular weight excluding hydrogens is 316 g/mol. The normalized spacial score (nSPS) is 11.2. The Hall–Kier alpha value is -2.24. The molecule has 2 aromatic carbocycles. The number of hydrogen-bond acceptors (Lipinski definition) is 3. The Kier molecular flexibility index (Phi) is 4.18. The Bertz CT molecular complexity index is 878. The van der Waals surface area contributed by atoms with Crippen molar-refractivity contribution in [2.75, 3.05) is 0 Å². The Morgan fingerprint density at radius 2 is 2.00 bits per heavy atom. The lowest BCUT2D eigenvalue weighted by Gasteiger charge is -2.01. The average Bonchev–Trinajstić information content (AvgIpc) is 2.88. The maximum atomic E-state index is 6.03. The van der Waals surface area contributed by atoms with Gasteiger partial charge in [0.15, 0.2) is 5.82 Å². The fourth-order valence-corrected chi connectivity index (χ4v) is 2.36. The predicted octanol–water partition coefficient (Wildman–Crippen LogP) is 4.45. The Labute approximate surface area is 138 Å². The zero-order chi connectivity index (χ0) is 15.5. The second-order valence-corrected chi connectivity index (χ2v) is 5.65. The summed E-state index contributed by atoms with van der Waals surface area (Å²) >= 11 is 11.3. The van der Waals surface area contributed by atoms with Crippen molar-refractivity contribution in [2.45, 2.75) is 6.92 Å². The van der Waals surface area contributed by atoms with Crippen molar-refractivity contribution in [2.24, 2.45) is 5.10 Å². The molecule has 0 aliphatic heterocycles. The summed E-state index contributed by atoms with van der Waals surface area (Å²) in [4.78, 5) is 0. The minimum atomic E-state index is 0.429. The minimum Gasteiger partial charge on any atom is -0.250 e. The van der Waals surface area contributed by atoms with Gasteiger partial charge in [-0.15, -0.1) is 0 Å². The summed E-state index contributed by atoms with van der Waals surface area (Å²) in [5.74, 6) is 0.621. The third-order valence-electron chi connectivity index (χ3n) is 3.13. The summed E-state index contributed by atoms with van der Waals surface area (Å²) in [6.07, 6.45) is 1.75. The zero-order valence-corrected chi connectivity index (χ0v) is 13.4. The van der Waals surface area contributed by atoms with Crippen LogP contribution in [0.4, 0.5) is 0 Å². The van der Waals surface area contributed by atoms with Crippen molar-refractivity contribution in [3.05, 3.63) is 69.5 Å². The third-order valence-corrected chi connectivity index (χ3v) is 3.63. The summed E-state index contributed by atoms with van der Waals surface area (Å²) in [6.45, 7) is 2.05. The molecule has 22 heavy (non-hydrogen) atoms. The highest BCUT2D eigenvalue weighted by atomic mass is 35.5. The first-order chi connectivity index (χ1) is 10.6. The van der Waals surface area contributed by atoms with E-state index in [0.29, 0.717) is 15.6 Å². The van der Waals surface area contributed by atoms with Crippen LogP contribution in [0.2, 0.25) is 5.02 Å². The van der Waals surface area contributed by atoms with Crippen LogP contribution >= 0.6 is 23.8 Å². The SMILES string of the molecule is Cc1ccc(/C=N/n2c(-c3cccc(Cl)c3)n[nH]c2=S)cc1. The highest BCUT2D eigenvalue weighted by Gasteiger charge is 2.08. The molecule has 0 amide bonds. The van der Waals surface area contributed by atoms with Gasteiger partial charge in [-0.25, -0.2) is 5.10 Å². The van der Waals surface area contributed by atoms with E-state index in [4.69, 9.17) is 23.8 Å². The van der Waals surface area contributed by atoms with Crippen LogP contribution in [0.15, 0.2) is 53.6 Å². The molecule has 3 rings (SSSR count). The van der Waals surface area contributed by atoms with Gasteiger partial charge in [-0.2, -0.15) is 14.9 Å². The lowest BCUT2D eigenvalue weighted by atomic mass is 10.2. The number of H-pyrrole nitrogens is 1. The molecule has 0 unspecified atom stereocenters. The maximum absolute atomic E-state index is 6.03. The molecule has 0 fully saturated rings. The standard InChI is InChI=1S/C16H13ClN4S/c1-11-5-7-12(8-6-11)10-18-21-15(19-20-16(21)22)13-3-2-4-14(17)9-13/h2-10H,1H3,(H,20,22)/b18-10+. The molecule has 0 radical (unpaired) electrons. The largest absolute Gasteiger partial charge is 0.250 e. The molecule has 0 saturated carbocycles. The van der Waals surface area contributed by atoms with Gasteiger partial charge in [-0.1, -0.05) is 53.6 Å². The highest BCUT2D eigenvalue weighted by Crippen LogP contribution is 2.21. The monoisotopic (exact) mass is 328 g/mol. The van der Waals surface area contributed by atoms with Crippen LogP contribution < -0.4 is 0 Å². The second kappa shape index (κ2) is 6.25. The Morgan fingerprint density at radius 3 is 2.73 bits per heavy atom. The van der Waals surface area contributed by atoms with Crippen molar-refractivity contribution in [1.29, 1.82) is 0 Å². The van der Waals surface area contributed by atoms with Crippen LogP contribution in [0.1, 0.15) is 11.1 Å². The van der Waals surface area contributed by atoms with Gasteiger partial charge in [0.25, 0.3) is 0 Å². The summed E-state index contributed by atoms with van der Waals surface area (Å²) in [5.41, 5.74) is 3.04. The Balaban J connectivity index is 1.99.